The Morgan fingerprint density at radius 3 is 2.55 bits per heavy atom. The van der Waals surface area contributed by atoms with Gasteiger partial charge in [-0.05, 0) is 55.7 Å². The molecule has 2 rings (SSSR count). The van der Waals surface area contributed by atoms with Crippen molar-refractivity contribution in [1.82, 2.24) is 5.32 Å². The molecule has 0 aliphatic heterocycles. The third-order valence-electron chi connectivity index (χ3n) is 4.51. The largest absolute Gasteiger partial charge is 0.475 e. The molecule has 0 aliphatic rings. The second kappa shape index (κ2) is 10.00. The molecule has 0 spiro atoms. The average molecular weight is 398 g/mol. The highest BCUT2D eigenvalue weighted by molar-refractivity contribution is 6.43. The Labute approximate surface area is 169 Å². The highest BCUT2D eigenvalue weighted by atomic mass is 19.1. The van der Waals surface area contributed by atoms with Crippen molar-refractivity contribution in [3.05, 3.63) is 77.6 Å². The van der Waals surface area contributed by atoms with Gasteiger partial charge < -0.3 is 15.4 Å². The summed E-state index contributed by atoms with van der Waals surface area (Å²) in [6, 6.07) is 11.0. The summed E-state index contributed by atoms with van der Waals surface area (Å²) in [7, 11) is -1.79. The minimum atomic E-state index is -1.79. The van der Waals surface area contributed by atoms with Gasteiger partial charge in [-0.3, -0.25) is 14.5 Å². The van der Waals surface area contributed by atoms with Crippen LogP contribution in [0.25, 0.3) is 0 Å². The molecule has 2 aromatic rings. The number of carbonyl (C=O) groups is 2. The van der Waals surface area contributed by atoms with Crippen molar-refractivity contribution in [3.8, 4) is 0 Å². The zero-order valence-electron chi connectivity index (χ0n) is 16.4. The molecule has 3 N–H and O–H groups in total. The van der Waals surface area contributed by atoms with Gasteiger partial charge in [0.05, 0.1) is 5.94 Å². The van der Waals surface area contributed by atoms with Gasteiger partial charge in [0.15, 0.2) is 0 Å². The average Bonchev–Trinajstić information content (AvgIpc) is 2.66. The van der Waals surface area contributed by atoms with Crippen molar-refractivity contribution in [2.24, 2.45) is 0 Å². The van der Waals surface area contributed by atoms with E-state index in [0.29, 0.717) is 0 Å². The normalized spacial score (nSPS) is 11.5. The third-order valence-corrected chi connectivity index (χ3v) is 4.51. The van der Waals surface area contributed by atoms with Crippen LogP contribution in [0.1, 0.15) is 16.7 Å². The smallest absolute Gasteiger partial charge is 0.426 e. The zero-order chi connectivity index (χ0) is 21.6. The second-order valence-electron chi connectivity index (χ2n) is 6.83. The number of nitrogens with zero attached hydrogens (tertiary/aromatic N) is 1. The molecular formula is C21H24BFN2O4. The number of halogens is 1. The number of rotatable bonds is 8. The summed E-state index contributed by atoms with van der Waals surface area (Å²) in [5, 5.41) is 22.0. The molecule has 6 nitrogen and oxygen atoms in total. The quantitative estimate of drug-likeness (QED) is 0.467. The number of aryl methyl sites for hydroxylation is 2. The summed E-state index contributed by atoms with van der Waals surface area (Å²) in [5.74, 6) is -2.73. The maximum atomic E-state index is 13.5. The van der Waals surface area contributed by atoms with Gasteiger partial charge in [0.25, 0.3) is 5.91 Å². The van der Waals surface area contributed by atoms with E-state index in [4.69, 9.17) is 0 Å². The van der Waals surface area contributed by atoms with Gasteiger partial charge in [0, 0.05) is 5.69 Å². The minimum Gasteiger partial charge on any atom is -0.426 e. The Balaban J connectivity index is 2.15. The summed E-state index contributed by atoms with van der Waals surface area (Å²) in [6.45, 7) is 6.83. The number of carbonyl (C=O) groups excluding carboxylic acids is 2. The number of nitrogens with one attached hydrogen (secondary N) is 1. The van der Waals surface area contributed by atoms with Crippen molar-refractivity contribution in [1.29, 1.82) is 0 Å². The number of hydrogen-bond donors (Lipinski definition) is 3. The van der Waals surface area contributed by atoms with Crippen molar-refractivity contribution in [2.75, 3.05) is 11.4 Å². The molecule has 0 unspecified atom stereocenters. The van der Waals surface area contributed by atoms with Crippen LogP contribution in [0.3, 0.4) is 0 Å². The number of amides is 2. The van der Waals surface area contributed by atoms with Gasteiger partial charge >= 0.3 is 7.12 Å². The van der Waals surface area contributed by atoms with E-state index in [9.17, 15) is 24.0 Å². The predicted molar refractivity (Wildman–Crippen MR) is 111 cm³/mol. The molecule has 0 aliphatic carbocycles. The van der Waals surface area contributed by atoms with Crippen LogP contribution in [0.2, 0.25) is 0 Å². The van der Waals surface area contributed by atoms with E-state index in [1.54, 1.807) is 0 Å². The van der Waals surface area contributed by atoms with E-state index < -0.39 is 37.2 Å². The fourth-order valence-electron chi connectivity index (χ4n) is 2.99. The van der Waals surface area contributed by atoms with Crippen molar-refractivity contribution < 1.29 is 24.0 Å². The van der Waals surface area contributed by atoms with Crippen LogP contribution >= 0.6 is 0 Å². The zero-order valence-corrected chi connectivity index (χ0v) is 16.4. The first-order valence-electron chi connectivity index (χ1n) is 9.12. The molecule has 29 heavy (non-hydrogen) atoms. The van der Waals surface area contributed by atoms with Gasteiger partial charge in [0.1, 0.15) is 12.4 Å². The molecule has 0 saturated heterocycles. The van der Waals surface area contributed by atoms with Gasteiger partial charge in [-0.1, -0.05) is 36.4 Å². The Morgan fingerprint density at radius 2 is 1.97 bits per heavy atom. The Hall–Kier alpha value is -2.97. The lowest BCUT2D eigenvalue weighted by Gasteiger charge is -2.24. The fraction of sp³-hybridized carbons (Fsp3) is 0.238. The number of benzene rings is 2. The van der Waals surface area contributed by atoms with Crippen LogP contribution in [0.5, 0.6) is 0 Å². The topological polar surface area (TPSA) is 89.9 Å². The van der Waals surface area contributed by atoms with E-state index in [2.05, 4.69) is 11.9 Å². The molecular weight excluding hydrogens is 374 g/mol. The summed E-state index contributed by atoms with van der Waals surface area (Å²) >= 11 is 0. The molecule has 0 fully saturated rings. The summed E-state index contributed by atoms with van der Waals surface area (Å²) < 4.78 is 13.5. The van der Waals surface area contributed by atoms with Crippen molar-refractivity contribution in [3.63, 3.8) is 0 Å². The van der Waals surface area contributed by atoms with Gasteiger partial charge in [-0.2, -0.15) is 0 Å². The van der Waals surface area contributed by atoms with E-state index >= 15 is 0 Å². The van der Waals surface area contributed by atoms with Crippen LogP contribution in [0.15, 0.2) is 55.1 Å². The molecule has 1 atom stereocenters. The molecule has 0 heterocycles. The van der Waals surface area contributed by atoms with Gasteiger partial charge in [0.2, 0.25) is 5.91 Å². The Morgan fingerprint density at radius 1 is 1.24 bits per heavy atom. The third kappa shape index (κ3) is 6.27. The maximum absolute atomic E-state index is 13.5. The second-order valence-corrected chi connectivity index (χ2v) is 6.83. The van der Waals surface area contributed by atoms with E-state index in [-0.39, 0.29) is 12.1 Å². The lowest BCUT2D eigenvalue weighted by Crippen LogP contribution is -2.51. The van der Waals surface area contributed by atoms with Crippen LogP contribution in [-0.2, 0) is 16.0 Å². The molecule has 0 bridgehead atoms. The lowest BCUT2D eigenvalue weighted by molar-refractivity contribution is -0.122. The first kappa shape index (κ1) is 22.3. The molecule has 0 saturated carbocycles. The Bertz CT molecular complexity index is 904. The predicted octanol–water partition coefficient (Wildman–Crippen LogP) is 1.70. The molecule has 0 radical (unpaired) electrons. The number of anilines is 1. The minimum absolute atomic E-state index is 0.195. The summed E-state index contributed by atoms with van der Waals surface area (Å²) in [6.07, 6.45) is 1.22. The van der Waals surface area contributed by atoms with E-state index in [1.165, 1.54) is 18.2 Å². The molecule has 8 heteroatoms. The summed E-state index contributed by atoms with van der Waals surface area (Å²) in [4.78, 5) is 25.7. The standard InChI is InChI=1S/C21H24BFN2O4/c1-4-21(27)25(18-7-5-6-17(23)12-18)13-20(26)24-19(22(28)29)11-16-9-8-14(2)10-15(16)3/h4-10,12,19,28-29H,1,11,13H2,2-3H3,(H,24,26)/t19-/m0/s1. The first-order valence-corrected chi connectivity index (χ1v) is 9.12. The SMILES string of the molecule is C=CC(=O)N(CC(=O)N[C@@H](Cc1ccc(C)cc1C)B(O)O)c1cccc(F)c1. The first-order chi connectivity index (χ1) is 13.7. The van der Waals surface area contributed by atoms with Crippen molar-refractivity contribution >= 4 is 24.6 Å². The monoisotopic (exact) mass is 398 g/mol. The molecule has 152 valence electrons. The van der Waals surface area contributed by atoms with Crippen molar-refractivity contribution in [2.45, 2.75) is 26.2 Å². The van der Waals surface area contributed by atoms with E-state index in [1.807, 2.05) is 32.0 Å². The Kier molecular flexibility index (Phi) is 7.70. The van der Waals surface area contributed by atoms with E-state index in [0.717, 1.165) is 33.7 Å². The molecule has 0 aromatic heterocycles. The van der Waals surface area contributed by atoms with Gasteiger partial charge in [-0.15, -0.1) is 0 Å². The van der Waals surface area contributed by atoms with Crippen LogP contribution < -0.4 is 10.2 Å². The van der Waals surface area contributed by atoms with Crippen LogP contribution in [-0.4, -0.2) is 41.5 Å². The fourth-order valence-corrected chi connectivity index (χ4v) is 2.99. The van der Waals surface area contributed by atoms with Crippen LogP contribution in [0.4, 0.5) is 10.1 Å². The number of hydrogen-bond acceptors (Lipinski definition) is 4. The highest BCUT2D eigenvalue weighted by Gasteiger charge is 2.27. The van der Waals surface area contributed by atoms with Crippen LogP contribution in [0, 0.1) is 19.7 Å². The lowest BCUT2D eigenvalue weighted by atomic mass is 9.75. The van der Waals surface area contributed by atoms with Gasteiger partial charge in [-0.25, -0.2) is 4.39 Å². The summed E-state index contributed by atoms with van der Waals surface area (Å²) in [5.41, 5.74) is 3.09. The highest BCUT2D eigenvalue weighted by Crippen LogP contribution is 2.17. The maximum Gasteiger partial charge on any atom is 0.475 e. The molecule has 2 amide bonds. The molecule has 2 aromatic carbocycles.